The summed E-state index contributed by atoms with van der Waals surface area (Å²) in [4.78, 5) is 49.0. The molecule has 7 nitrogen and oxygen atoms in total. The summed E-state index contributed by atoms with van der Waals surface area (Å²) in [6.45, 7) is 8.55. The van der Waals surface area contributed by atoms with Gasteiger partial charge >= 0.3 is 0 Å². The highest BCUT2D eigenvalue weighted by Crippen LogP contribution is 2.22. The van der Waals surface area contributed by atoms with E-state index >= 15 is 0 Å². The molecule has 0 atom stereocenters. The van der Waals surface area contributed by atoms with Gasteiger partial charge in [-0.25, -0.2) is 0 Å². The SMILES string of the molecule is C.C[Si](C)(CCCN1C(=O)C=CC1=O)O[Si](C)(C)CN1C(=O)C=CC1=O. The maximum absolute atomic E-state index is 11.7. The molecule has 9 heteroatoms. The summed E-state index contributed by atoms with van der Waals surface area (Å²) in [6, 6.07) is 0.792. The molecule has 2 heterocycles. The number of hydrogen-bond acceptors (Lipinski definition) is 5. The fraction of sp³-hybridized carbons (Fsp3) is 0.529. The Morgan fingerprint density at radius 2 is 1.19 bits per heavy atom. The van der Waals surface area contributed by atoms with E-state index in [0.717, 1.165) is 6.04 Å². The highest BCUT2D eigenvalue weighted by atomic mass is 28.4. The molecule has 2 aliphatic heterocycles. The maximum atomic E-state index is 11.7. The molecular formula is C17H28N2O5Si2. The standard InChI is InChI=1S/C16H24N2O5Si2.CH4/c1-24(2,11-5-10-17-13(19)6-7-14(17)20)23-25(3,4)12-18-15(21)8-9-16(18)22;/h6-9H,5,10-12H2,1-4H3;1H4. The van der Waals surface area contributed by atoms with Crippen LogP contribution in [-0.2, 0) is 23.3 Å². The molecule has 0 aromatic carbocycles. The highest BCUT2D eigenvalue weighted by molar-refractivity contribution is 6.85. The van der Waals surface area contributed by atoms with E-state index in [-0.39, 0.29) is 31.1 Å². The first-order valence-corrected chi connectivity index (χ1v) is 14.5. The summed E-state index contributed by atoms with van der Waals surface area (Å²) in [5.74, 6) is -1.10. The Morgan fingerprint density at radius 3 is 1.65 bits per heavy atom. The second-order valence-electron chi connectivity index (χ2n) is 7.48. The fourth-order valence-electron chi connectivity index (χ4n) is 3.11. The van der Waals surface area contributed by atoms with Crippen molar-refractivity contribution >= 4 is 40.3 Å². The largest absolute Gasteiger partial charge is 0.454 e. The van der Waals surface area contributed by atoms with Crippen molar-refractivity contribution in [3.63, 3.8) is 0 Å². The lowest BCUT2D eigenvalue weighted by atomic mass is 10.4. The van der Waals surface area contributed by atoms with E-state index in [0.29, 0.717) is 19.1 Å². The second kappa shape index (κ2) is 8.23. The van der Waals surface area contributed by atoms with Crippen LogP contribution in [0, 0.1) is 0 Å². The van der Waals surface area contributed by atoms with Gasteiger partial charge in [0.15, 0.2) is 16.6 Å². The van der Waals surface area contributed by atoms with Crippen molar-refractivity contribution in [2.45, 2.75) is 46.1 Å². The molecule has 0 saturated heterocycles. The van der Waals surface area contributed by atoms with Gasteiger partial charge in [-0.1, -0.05) is 7.43 Å². The van der Waals surface area contributed by atoms with Crippen LogP contribution in [-0.4, -0.2) is 62.8 Å². The Morgan fingerprint density at radius 1 is 0.769 bits per heavy atom. The van der Waals surface area contributed by atoms with Crippen LogP contribution in [0.4, 0.5) is 0 Å². The minimum absolute atomic E-state index is 0. The minimum Gasteiger partial charge on any atom is -0.454 e. The smallest absolute Gasteiger partial charge is 0.253 e. The third-order valence-corrected chi connectivity index (χ3v) is 11.1. The Bertz CT molecular complexity index is 634. The van der Waals surface area contributed by atoms with Crippen molar-refractivity contribution in [1.29, 1.82) is 0 Å². The van der Waals surface area contributed by atoms with E-state index in [2.05, 4.69) is 13.1 Å². The number of imide groups is 2. The Balaban J connectivity index is 0.00000338. The Labute approximate surface area is 156 Å². The maximum Gasteiger partial charge on any atom is 0.253 e. The summed E-state index contributed by atoms with van der Waals surface area (Å²) in [5.41, 5.74) is 0. The van der Waals surface area contributed by atoms with Crippen molar-refractivity contribution in [3.05, 3.63) is 24.3 Å². The van der Waals surface area contributed by atoms with E-state index < -0.39 is 16.6 Å². The zero-order valence-corrected chi connectivity index (χ0v) is 17.1. The summed E-state index contributed by atoms with van der Waals surface area (Å²) >= 11 is 0. The molecule has 2 aliphatic rings. The van der Waals surface area contributed by atoms with Crippen LogP contribution in [0.25, 0.3) is 0 Å². The first-order valence-electron chi connectivity index (χ1n) is 8.28. The zero-order valence-electron chi connectivity index (χ0n) is 15.1. The lowest BCUT2D eigenvalue weighted by Gasteiger charge is -2.36. The third-order valence-electron chi connectivity index (χ3n) is 4.05. The van der Waals surface area contributed by atoms with Gasteiger partial charge in [-0.2, -0.15) is 0 Å². The van der Waals surface area contributed by atoms with Crippen LogP contribution in [0.15, 0.2) is 24.3 Å². The molecule has 0 bridgehead atoms. The van der Waals surface area contributed by atoms with Crippen molar-refractivity contribution in [1.82, 2.24) is 9.80 Å². The topological polar surface area (TPSA) is 84.0 Å². The number of carbonyl (C=O) groups is 4. The predicted octanol–water partition coefficient (Wildman–Crippen LogP) is 1.83. The number of hydrogen-bond donors (Lipinski definition) is 0. The molecule has 0 radical (unpaired) electrons. The quantitative estimate of drug-likeness (QED) is 0.462. The van der Waals surface area contributed by atoms with Gasteiger partial charge in [-0.15, -0.1) is 0 Å². The molecule has 0 spiro atoms. The lowest BCUT2D eigenvalue weighted by molar-refractivity contribution is -0.137. The van der Waals surface area contributed by atoms with Gasteiger partial charge in [0.05, 0.1) is 0 Å². The average Bonchev–Trinajstić information content (AvgIpc) is 2.95. The van der Waals surface area contributed by atoms with Crippen molar-refractivity contribution < 1.29 is 23.3 Å². The Hall–Kier alpha value is -1.85. The van der Waals surface area contributed by atoms with E-state index in [4.69, 9.17) is 4.12 Å². The van der Waals surface area contributed by atoms with Gasteiger partial charge in [-0.05, 0) is 38.7 Å². The summed E-state index contributed by atoms with van der Waals surface area (Å²) in [6.07, 6.45) is 6.17. The van der Waals surface area contributed by atoms with Gasteiger partial charge in [0.2, 0.25) is 0 Å². The normalized spacial score (nSPS) is 17.5. The summed E-state index contributed by atoms with van der Waals surface area (Å²) < 4.78 is 6.40. The molecule has 2 rings (SSSR count). The van der Waals surface area contributed by atoms with Crippen LogP contribution in [0.2, 0.25) is 32.2 Å². The molecule has 0 aromatic heterocycles. The summed E-state index contributed by atoms with van der Waals surface area (Å²) in [7, 11) is -4.30. The molecule has 0 N–H and O–H groups in total. The van der Waals surface area contributed by atoms with E-state index in [1.807, 2.05) is 13.1 Å². The van der Waals surface area contributed by atoms with Gasteiger partial charge in [0.25, 0.3) is 23.6 Å². The fourth-order valence-corrected chi connectivity index (χ4v) is 11.8. The zero-order chi connectivity index (χ0) is 18.8. The molecule has 0 aromatic rings. The van der Waals surface area contributed by atoms with Crippen LogP contribution >= 0.6 is 0 Å². The van der Waals surface area contributed by atoms with Gasteiger partial charge in [0, 0.05) is 37.0 Å². The third kappa shape index (κ3) is 5.58. The Kier molecular flexibility index (Phi) is 7.03. The second-order valence-corrected chi connectivity index (χ2v) is 16.2. The molecule has 0 saturated carbocycles. The molecule has 144 valence electrons. The van der Waals surface area contributed by atoms with Gasteiger partial charge < -0.3 is 4.12 Å². The van der Waals surface area contributed by atoms with Crippen LogP contribution < -0.4 is 0 Å². The van der Waals surface area contributed by atoms with Crippen LogP contribution in [0.5, 0.6) is 0 Å². The first kappa shape index (κ1) is 22.2. The number of rotatable bonds is 8. The first-order chi connectivity index (χ1) is 11.5. The van der Waals surface area contributed by atoms with E-state index in [1.165, 1.54) is 34.1 Å². The molecule has 0 unspecified atom stereocenters. The number of carbonyl (C=O) groups excluding carboxylic acids is 4. The summed E-state index contributed by atoms with van der Waals surface area (Å²) in [5, 5.41) is 0. The van der Waals surface area contributed by atoms with E-state index in [9.17, 15) is 19.2 Å². The predicted molar refractivity (Wildman–Crippen MR) is 104 cm³/mol. The van der Waals surface area contributed by atoms with Gasteiger partial charge in [0.1, 0.15) is 0 Å². The number of amides is 4. The minimum atomic E-state index is -2.25. The van der Waals surface area contributed by atoms with Crippen molar-refractivity contribution in [2.75, 3.05) is 12.7 Å². The van der Waals surface area contributed by atoms with E-state index in [1.54, 1.807) is 0 Å². The molecular weight excluding hydrogens is 368 g/mol. The molecule has 26 heavy (non-hydrogen) atoms. The molecule has 0 aliphatic carbocycles. The van der Waals surface area contributed by atoms with Crippen molar-refractivity contribution in [3.8, 4) is 0 Å². The van der Waals surface area contributed by atoms with Gasteiger partial charge in [-0.3, -0.25) is 29.0 Å². The molecule has 0 fully saturated rings. The average molecular weight is 397 g/mol. The lowest BCUT2D eigenvalue weighted by Crippen LogP contribution is -2.53. The van der Waals surface area contributed by atoms with Crippen LogP contribution in [0.1, 0.15) is 13.8 Å². The monoisotopic (exact) mass is 396 g/mol. The molecule has 4 amide bonds. The highest BCUT2D eigenvalue weighted by Gasteiger charge is 2.38. The number of nitrogens with zero attached hydrogens (tertiary/aromatic N) is 2. The van der Waals surface area contributed by atoms with Crippen LogP contribution in [0.3, 0.4) is 0 Å². The van der Waals surface area contributed by atoms with Crippen molar-refractivity contribution in [2.24, 2.45) is 0 Å².